The Bertz CT molecular complexity index is 852. The van der Waals surface area contributed by atoms with Crippen LogP contribution < -0.4 is 34.3 Å². The van der Waals surface area contributed by atoms with Crippen molar-refractivity contribution in [2.75, 3.05) is 48.6 Å². The molecule has 0 fully saturated rings. The molecule has 2 aromatic rings. The number of amides is 2. The first-order valence-corrected chi connectivity index (χ1v) is 9.06. The van der Waals surface area contributed by atoms with Gasteiger partial charge < -0.3 is 34.3 Å². The first kappa shape index (κ1) is 22.7. The number of ether oxygens (including phenoxy) is 5. The Morgan fingerprint density at radius 3 is 1.43 bits per heavy atom. The Kier molecular flexibility index (Phi) is 8.16. The number of benzene rings is 2. The molecule has 9 heteroatoms. The molecule has 0 bridgehead atoms. The van der Waals surface area contributed by atoms with E-state index in [9.17, 15) is 9.59 Å². The molecule has 2 N–H and O–H groups in total. The third-order valence-electron chi connectivity index (χ3n) is 4.24. The predicted octanol–water partition coefficient (Wildman–Crippen LogP) is 1.89. The molecule has 162 valence electrons. The van der Waals surface area contributed by atoms with Crippen molar-refractivity contribution >= 4 is 11.8 Å². The zero-order valence-electron chi connectivity index (χ0n) is 17.7. The van der Waals surface area contributed by atoms with Gasteiger partial charge in [0.05, 0.1) is 35.5 Å². The number of nitrogens with one attached hydrogen (secondary N) is 2. The Morgan fingerprint density at radius 1 is 0.633 bits per heavy atom. The molecule has 0 aliphatic heterocycles. The molecule has 0 saturated carbocycles. The Morgan fingerprint density at radius 2 is 1.07 bits per heavy atom. The minimum absolute atomic E-state index is 0.225. The van der Waals surface area contributed by atoms with Crippen molar-refractivity contribution in [1.29, 1.82) is 0 Å². The van der Waals surface area contributed by atoms with E-state index in [0.29, 0.717) is 39.9 Å². The van der Waals surface area contributed by atoms with Gasteiger partial charge in [0.1, 0.15) is 11.5 Å². The molecule has 0 aliphatic carbocycles. The second-order valence-corrected chi connectivity index (χ2v) is 6.03. The molecular weight excluding hydrogens is 392 g/mol. The number of hydrogen-bond donors (Lipinski definition) is 2. The SMILES string of the molecule is COc1cc(OC)cc(C(=O)NCCNC(=O)c2cc(OC)c(OC)c(OC)c2)c1. The van der Waals surface area contributed by atoms with Crippen LogP contribution in [-0.2, 0) is 0 Å². The third kappa shape index (κ3) is 5.47. The smallest absolute Gasteiger partial charge is 0.251 e. The summed E-state index contributed by atoms with van der Waals surface area (Å²) in [5, 5.41) is 5.47. The lowest BCUT2D eigenvalue weighted by Crippen LogP contribution is -2.34. The molecule has 9 nitrogen and oxygen atoms in total. The van der Waals surface area contributed by atoms with Gasteiger partial charge >= 0.3 is 0 Å². The van der Waals surface area contributed by atoms with Crippen molar-refractivity contribution in [2.24, 2.45) is 0 Å². The summed E-state index contributed by atoms with van der Waals surface area (Å²) in [6.07, 6.45) is 0. The molecule has 0 aliphatic rings. The molecule has 2 rings (SSSR count). The lowest BCUT2D eigenvalue weighted by molar-refractivity contribution is 0.0927. The number of rotatable bonds is 10. The second-order valence-electron chi connectivity index (χ2n) is 6.03. The number of carbonyl (C=O) groups excluding carboxylic acids is 2. The van der Waals surface area contributed by atoms with Gasteiger partial charge in [0.2, 0.25) is 5.75 Å². The lowest BCUT2D eigenvalue weighted by Gasteiger charge is -2.14. The van der Waals surface area contributed by atoms with Crippen molar-refractivity contribution < 1.29 is 33.3 Å². The molecule has 30 heavy (non-hydrogen) atoms. The van der Waals surface area contributed by atoms with Crippen LogP contribution >= 0.6 is 0 Å². The quantitative estimate of drug-likeness (QED) is 0.568. The largest absolute Gasteiger partial charge is 0.497 e. The summed E-state index contributed by atoms with van der Waals surface area (Å²) in [7, 11) is 7.45. The van der Waals surface area contributed by atoms with E-state index in [1.54, 1.807) is 30.3 Å². The average Bonchev–Trinajstić information content (AvgIpc) is 2.79. The molecule has 2 amide bonds. The van der Waals surface area contributed by atoms with E-state index in [1.165, 1.54) is 35.5 Å². The summed E-state index contributed by atoms with van der Waals surface area (Å²) in [6.45, 7) is 0.455. The van der Waals surface area contributed by atoms with Crippen LogP contribution in [0.2, 0.25) is 0 Å². The number of carbonyl (C=O) groups is 2. The van der Waals surface area contributed by atoms with Gasteiger partial charge in [0.15, 0.2) is 11.5 Å². The van der Waals surface area contributed by atoms with Gasteiger partial charge in [0, 0.05) is 30.3 Å². The Hall–Kier alpha value is -3.62. The fourth-order valence-corrected chi connectivity index (χ4v) is 2.71. The fraction of sp³-hybridized carbons (Fsp3) is 0.333. The van der Waals surface area contributed by atoms with Crippen LogP contribution in [0.4, 0.5) is 0 Å². The van der Waals surface area contributed by atoms with E-state index in [-0.39, 0.29) is 24.9 Å². The van der Waals surface area contributed by atoms with Crippen LogP contribution in [0.3, 0.4) is 0 Å². The topological polar surface area (TPSA) is 104 Å². The highest BCUT2D eigenvalue weighted by atomic mass is 16.5. The van der Waals surface area contributed by atoms with Crippen LogP contribution in [0.15, 0.2) is 30.3 Å². The lowest BCUT2D eigenvalue weighted by atomic mass is 10.1. The number of methoxy groups -OCH3 is 5. The molecule has 0 aromatic heterocycles. The van der Waals surface area contributed by atoms with Gasteiger partial charge in [-0.1, -0.05) is 0 Å². The summed E-state index contributed by atoms with van der Waals surface area (Å²) >= 11 is 0. The normalized spacial score (nSPS) is 10.0. The van der Waals surface area contributed by atoms with Crippen LogP contribution in [0.5, 0.6) is 28.7 Å². The molecule has 0 heterocycles. The molecule has 0 spiro atoms. The summed E-state index contributed by atoms with van der Waals surface area (Å²) in [5.74, 6) is 1.52. The molecule has 0 unspecified atom stereocenters. The third-order valence-corrected chi connectivity index (χ3v) is 4.24. The van der Waals surface area contributed by atoms with E-state index >= 15 is 0 Å². The van der Waals surface area contributed by atoms with E-state index < -0.39 is 0 Å². The number of hydrogen-bond acceptors (Lipinski definition) is 7. The van der Waals surface area contributed by atoms with Crippen LogP contribution in [0, 0.1) is 0 Å². The summed E-state index contributed by atoms with van der Waals surface area (Å²) < 4.78 is 26.1. The molecule has 0 radical (unpaired) electrons. The van der Waals surface area contributed by atoms with Crippen molar-refractivity contribution in [3.63, 3.8) is 0 Å². The zero-order chi connectivity index (χ0) is 22.1. The van der Waals surface area contributed by atoms with E-state index in [1.807, 2.05) is 0 Å². The highest BCUT2D eigenvalue weighted by molar-refractivity contribution is 5.96. The maximum Gasteiger partial charge on any atom is 0.251 e. The summed E-state index contributed by atoms with van der Waals surface area (Å²) in [6, 6.07) is 7.99. The van der Waals surface area contributed by atoms with Gasteiger partial charge in [-0.2, -0.15) is 0 Å². The zero-order valence-corrected chi connectivity index (χ0v) is 17.7. The second kappa shape index (κ2) is 10.8. The summed E-state index contributed by atoms with van der Waals surface area (Å²) in [5.41, 5.74) is 0.732. The monoisotopic (exact) mass is 418 g/mol. The van der Waals surface area contributed by atoms with Gasteiger partial charge in [-0.3, -0.25) is 9.59 Å². The Labute approximate surface area is 175 Å². The van der Waals surface area contributed by atoms with Crippen molar-refractivity contribution in [3.05, 3.63) is 41.5 Å². The van der Waals surface area contributed by atoms with Gasteiger partial charge in [-0.25, -0.2) is 0 Å². The van der Waals surface area contributed by atoms with Crippen molar-refractivity contribution in [1.82, 2.24) is 10.6 Å². The Balaban J connectivity index is 1.96. The average molecular weight is 418 g/mol. The van der Waals surface area contributed by atoms with Crippen molar-refractivity contribution in [3.8, 4) is 28.7 Å². The van der Waals surface area contributed by atoms with E-state index in [0.717, 1.165) is 0 Å². The molecule has 0 atom stereocenters. The van der Waals surface area contributed by atoms with Gasteiger partial charge in [-0.05, 0) is 24.3 Å². The van der Waals surface area contributed by atoms with Gasteiger partial charge in [0.25, 0.3) is 11.8 Å². The standard InChI is InChI=1S/C21H26N2O7/c1-26-15-8-13(9-16(12-15)27-2)20(24)22-6-7-23-21(25)14-10-17(28-3)19(30-5)18(11-14)29-4/h8-12H,6-7H2,1-5H3,(H,22,24)(H,23,25). The first-order chi connectivity index (χ1) is 14.5. The fourth-order valence-electron chi connectivity index (χ4n) is 2.71. The minimum atomic E-state index is -0.341. The molecular formula is C21H26N2O7. The highest BCUT2D eigenvalue weighted by Crippen LogP contribution is 2.38. The van der Waals surface area contributed by atoms with E-state index in [2.05, 4.69) is 10.6 Å². The minimum Gasteiger partial charge on any atom is -0.497 e. The van der Waals surface area contributed by atoms with Gasteiger partial charge in [-0.15, -0.1) is 0 Å². The highest BCUT2D eigenvalue weighted by Gasteiger charge is 2.17. The van der Waals surface area contributed by atoms with Crippen LogP contribution in [0.1, 0.15) is 20.7 Å². The molecule has 2 aromatic carbocycles. The van der Waals surface area contributed by atoms with Crippen LogP contribution in [-0.4, -0.2) is 60.5 Å². The molecule has 0 saturated heterocycles. The maximum atomic E-state index is 12.5. The van der Waals surface area contributed by atoms with Crippen LogP contribution in [0.25, 0.3) is 0 Å². The van der Waals surface area contributed by atoms with Crippen molar-refractivity contribution in [2.45, 2.75) is 0 Å². The summed E-state index contributed by atoms with van der Waals surface area (Å²) in [4.78, 5) is 24.8. The maximum absolute atomic E-state index is 12.5. The predicted molar refractivity (Wildman–Crippen MR) is 110 cm³/mol. The van der Waals surface area contributed by atoms with E-state index in [4.69, 9.17) is 23.7 Å². The first-order valence-electron chi connectivity index (χ1n) is 9.06.